The van der Waals surface area contributed by atoms with Crippen molar-refractivity contribution >= 4 is 0 Å². The molecule has 0 aliphatic heterocycles. The van der Waals surface area contributed by atoms with Crippen LogP contribution in [0.15, 0.2) is 41.0 Å². The molecule has 2 aromatic rings. The van der Waals surface area contributed by atoms with Crippen molar-refractivity contribution in [3.63, 3.8) is 0 Å². The largest absolute Gasteiger partial charge is 0.489 e. The zero-order valence-electron chi connectivity index (χ0n) is 11.0. The van der Waals surface area contributed by atoms with Gasteiger partial charge in [0.05, 0.1) is 12.8 Å². The molecule has 0 aliphatic rings. The van der Waals surface area contributed by atoms with E-state index in [1.165, 1.54) is 12.1 Å². The highest BCUT2D eigenvalue weighted by molar-refractivity contribution is 5.24. The molecule has 1 aromatic carbocycles. The van der Waals surface area contributed by atoms with Gasteiger partial charge in [0.1, 0.15) is 23.9 Å². The number of hydrogen-bond donors (Lipinski definition) is 1. The minimum Gasteiger partial charge on any atom is -0.489 e. The molecule has 1 aromatic heterocycles. The molecule has 0 saturated heterocycles. The smallest absolute Gasteiger partial charge is 0.126 e. The maximum atomic E-state index is 13.0. The number of halogens is 1. The molecule has 0 aliphatic carbocycles. The molecule has 0 spiro atoms. The summed E-state index contributed by atoms with van der Waals surface area (Å²) in [7, 11) is 0. The van der Waals surface area contributed by atoms with E-state index >= 15 is 0 Å². The lowest BCUT2D eigenvalue weighted by Gasteiger charge is -2.07. The summed E-state index contributed by atoms with van der Waals surface area (Å²) >= 11 is 0. The Balaban J connectivity index is 1.90. The Morgan fingerprint density at radius 1 is 1.32 bits per heavy atom. The van der Waals surface area contributed by atoms with Crippen molar-refractivity contribution in [3.8, 4) is 5.75 Å². The minimum absolute atomic E-state index is 0.297. The van der Waals surface area contributed by atoms with Crippen LogP contribution in [0.5, 0.6) is 5.75 Å². The summed E-state index contributed by atoms with van der Waals surface area (Å²) in [5.74, 6) is 1.09. The van der Waals surface area contributed by atoms with E-state index in [4.69, 9.17) is 9.15 Å². The molecule has 0 atom stereocenters. The summed E-state index contributed by atoms with van der Waals surface area (Å²) in [6.07, 6.45) is 2.73. The van der Waals surface area contributed by atoms with E-state index < -0.39 is 0 Å². The fraction of sp³-hybridized carbons (Fsp3) is 0.333. The first kappa shape index (κ1) is 13.6. The lowest BCUT2D eigenvalue weighted by molar-refractivity contribution is 0.300. The third-order valence-corrected chi connectivity index (χ3v) is 2.74. The van der Waals surface area contributed by atoms with Crippen LogP contribution in [0.2, 0.25) is 0 Å². The third kappa shape index (κ3) is 4.10. The molecule has 0 unspecified atom stereocenters. The SMILES string of the molecule is CCCNCc1occc1COc1cccc(F)c1. The minimum atomic E-state index is -0.297. The number of nitrogens with one attached hydrogen (secondary N) is 1. The van der Waals surface area contributed by atoms with E-state index in [0.29, 0.717) is 18.9 Å². The normalized spacial score (nSPS) is 10.6. The first-order valence-electron chi connectivity index (χ1n) is 6.44. The Hall–Kier alpha value is -1.81. The van der Waals surface area contributed by atoms with Gasteiger partial charge in [-0.1, -0.05) is 13.0 Å². The molecule has 19 heavy (non-hydrogen) atoms. The molecule has 4 heteroatoms. The molecule has 1 heterocycles. The molecule has 102 valence electrons. The molecule has 0 saturated carbocycles. The summed E-state index contributed by atoms with van der Waals surface area (Å²) in [5, 5.41) is 3.28. The van der Waals surface area contributed by atoms with Crippen LogP contribution in [-0.2, 0) is 13.2 Å². The van der Waals surface area contributed by atoms with Gasteiger partial charge >= 0.3 is 0 Å². The monoisotopic (exact) mass is 263 g/mol. The Labute approximate surface area is 112 Å². The predicted molar refractivity (Wildman–Crippen MR) is 71.4 cm³/mol. The number of hydrogen-bond acceptors (Lipinski definition) is 3. The number of ether oxygens (including phenoxy) is 1. The fourth-order valence-corrected chi connectivity index (χ4v) is 1.75. The van der Waals surface area contributed by atoms with E-state index in [1.807, 2.05) is 6.07 Å². The highest BCUT2D eigenvalue weighted by Crippen LogP contribution is 2.16. The van der Waals surface area contributed by atoms with Crippen molar-refractivity contribution in [3.05, 3.63) is 53.7 Å². The first-order chi connectivity index (χ1) is 9.29. The Bertz CT molecular complexity index is 510. The Kier molecular flexibility index (Phi) is 4.98. The van der Waals surface area contributed by atoms with Gasteiger partial charge in [0.2, 0.25) is 0 Å². The summed E-state index contributed by atoms with van der Waals surface area (Å²) < 4.78 is 24.0. The fourth-order valence-electron chi connectivity index (χ4n) is 1.75. The molecule has 0 fully saturated rings. The Morgan fingerprint density at radius 3 is 3.00 bits per heavy atom. The number of rotatable bonds is 7. The topological polar surface area (TPSA) is 34.4 Å². The zero-order chi connectivity index (χ0) is 13.5. The lowest BCUT2D eigenvalue weighted by atomic mass is 10.2. The molecular formula is C15H18FNO2. The van der Waals surface area contributed by atoms with E-state index in [-0.39, 0.29) is 5.82 Å². The van der Waals surface area contributed by atoms with Crippen molar-refractivity contribution in [2.75, 3.05) is 6.54 Å². The van der Waals surface area contributed by atoms with Crippen LogP contribution >= 0.6 is 0 Å². The summed E-state index contributed by atoms with van der Waals surface area (Å²) in [6.45, 7) is 4.12. The van der Waals surface area contributed by atoms with Crippen molar-refractivity contribution in [1.82, 2.24) is 5.32 Å². The maximum Gasteiger partial charge on any atom is 0.126 e. The van der Waals surface area contributed by atoms with Crippen LogP contribution in [0, 0.1) is 5.82 Å². The molecule has 1 N–H and O–H groups in total. The standard InChI is InChI=1S/C15H18FNO2/c1-2-7-17-10-15-12(6-8-18-15)11-19-14-5-3-4-13(16)9-14/h3-6,8-9,17H,2,7,10-11H2,1H3. The molecule has 0 amide bonds. The zero-order valence-corrected chi connectivity index (χ0v) is 11.0. The van der Waals surface area contributed by atoms with Gasteiger partial charge in [-0.15, -0.1) is 0 Å². The molecule has 0 bridgehead atoms. The van der Waals surface area contributed by atoms with Gasteiger partial charge in [-0.2, -0.15) is 0 Å². The highest BCUT2D eigenvalue weighted by atomic mass is 19.1. The molecule has 0 radical (unpaired) electrons. The average molecular weight is 263 g/mol. The first-order valence-corrected chi connectivity index (χ1v) is 6.44. The molecular weight excluding hydrogens is 245 g/mol. The van der Waals surface area contributed by atoms with Crippen LogP contribution in [-0.4, -0.2) is 6.54 Å². The predicted octanol–water partition coefficient (Wildman–Crippen LogP) is 3.50. The van der Waals surface area contributed by atoms with Crippen molar-refractivity contribution in [2.45, 2.75) is 26.5 Å². The highest BCUT2D eigenvalue weighted by Gasteiger charge is 2.07. The van der Waals surface area contributed by atoms with Crippen molar-refractivity contribution < 1.29 is 13.5 Å². The number of benzene rings is 1. The van der Waals surface area contributed by atoms with Gasteiger partial charge in [-0.05, 0) is 31.2 Å². The summed E-state index contributed by atoms with van der Waals surface area (Å²) in [6, 6.07) is 8.00. The van der Waals surface area contributed by atoms with E-state index in [2.05, 4.69) is 12.2 Å². The van der Waals surface area contributed by atoms with Crippen molar-refractivity contribution in [2.24, 2.45) is 0 Å². The van der Waals surface area contributed by atoms with Gasteiger partial charge in [0, 0.05) is 11.6 Å². The second-order valence-corrected chi connectivity index (χ2v) is 4.29. The maximum absolute atomic E-state index is 13.0. The Morgan fingerprint density at radius 2 is 2.21 bits per heavy atom. The summed E-state index contributed by atoms with van der Waals surface area (Å²) in [4.78, 5) is 0. The van der Waals surface area contributed by atoms with Crippen LogP contribution in [0.1, 0.15) is 24.7 Å². The van der Waals surface area contributed by atoms with E-state index in [1.54, 1.807) is 18.4 Å². The second kappa shape index (κ2) is 6.95. The van der Waals surface area contributed by atoms with Gasteiger partial charge in [-0.3, -0.25) is 0 Å². The number of furan rings is 1. The van der Waals surface area contributed by atoms with Crippen molar-refractivity contribution in [1.29, 1.82) is 0 Å². The van der Waals surface area contributed by atoms with Gasteiger partial charge in [0.15, 0.2) is 0 Å². The average Bonchev–Trinajstić information content (AvgIpc) is 2.84. The van der Waals surface area contributed by atoms with Crippen LogP contribution in [0.25, 0.3) is 0 Å². The van der Waals surface area contributed by atoms with E-state index in [0.717, 1.165) is 24.3 Å². The van der Waals surface area contributed by atoms with Gasteiger partial charge in [0.25, 0.3) is 0 Å². The van der Waals surface area contributed by atoms with Crippen LogP contribution < -0.4 is 10.1 Å². The van der Waals surface area contributed by atoms with Gasteiger partial charge in [-0.25, -0.2) is 4.39 Å². The third-order valence-electron chi connectivity index (χ3n) is 2.74. The summed E-state index contributed by atoms with van der Waals surface area (Å²) in [5.41, 5.74) is 0.980. The molecule has 3 nitrogen and oxygen atoms in total. The van der Waals surface area contributed by atoms with E-state index in [9.17, 15) is 4.39 Å². The quantitative estimate of drug-likeness (QED) is 0.776. The molecule has 2 rings (SSSR count). The van der Waals surface area contributed by atoms with Crippen LogP contribution in [0.3, 0.4) is 0 Å². The van der Waals surface area contributed by atoms with Gasteiger partial charge < -0.3 is 14.5 Å². The second-order valence-electron chi connectivity index (χ2n) is 4.29. The lowest BCUT2D eigenvalue weighted by Crippen LogP contribution is -2.14. The van der Waals surface area contributed by atoms with Crippen LogP contribution in [0.4, 0.5) is 4.39 Å².